The average molecular weight is 897 g/mol. The predicted octanol–water partition coefficient (Wildman–Crippen LogP) is 19.0. The normalized spacial score (nSPS) is 11.5. The van der Waals surface area contributed by atoms with Gasteiger partial charge in [-0.15, -0.1) is 11.3 Å². The Balaban J connectivity index is 0.834. The lowest BCUT2D eigenvalue weighted by atomic mass is 9.98. The Morgan fingerprint density at radius 1 is 0.261 bits per heavy atom. The number of aromatic nitrogens is 1. The van der Waals surface area contributed by atoms with Crippen molar-refractivity contribution in [1.82, 2.24) is 4.57 Å². The third kappa shape index (κ3) is 7.28. The van der Waals surface area contributed by atoms with Crippen LogP contribution >= 0.6 is 11.3 Å². The van der Waals surface area contributed by atoms with E-state index in [1.54, 1.807) is 0 Å². The third-order valence-electron chi connectivity index (χ3n) is 13.7. The van der Waals surface area contributed by atoms with Crippen LogP contribution in [0.1, 0.15) is 0 Å². The topological polar surface area (TPSA) is 8.17 Å². The summed E-state index contributed by atoms with van der Waals surface area (Å²) >= 11 is 1.87. The largest absolute Gasteiger partial charge is 0.311 e. The molecule has 0 aliphatic heterocycles. The Kier molecular flexibility index (Phi) is 10.1. The summed E-state index contributed by atoms with van der Waals surface area (Å²) in [6, 6.07) is 97.2. The monoisotopic (exact) mass is 896 g/mol. The average Bonchev–Trinajstić information content (AvgIpc) is 3.98. The zero-order chi connectivity index (χ0) is 45.7. The predicted molar refractivity (Wildman–Crippen MR) is 296 cm³/mol. The van der Waals surface area contributed by atoms with Gasteiger partial charge in [-0.05, 0) is 111 Å². The minimum atomic E-state index is 1.09. The molecule has 0 aliphatic carbocycles. The zero-order valence-electron chi connectivity index (χ0n) is 37.7. The molecule has 0 spiro atoms. The van der Waals surface area contributed by atoms with Crippen LogP contribution < -0.4 is 4.90 Å². The van der Waals surface area contributed by atoms with Gasteiger partial charge < -0.3 is 9.47 Å². The third-order valence-corrected chi connectivity index (χ3v) is 14.9. The highest BCUT2D eigenvalue weighted by atomic mass is 32.1. The van der Waals surface area contributed by atoms with E-state index in [-0.39, 0.29) is 0 Å². The Labute approximate surface area is 405 Å². The molecule has 0 atom stereocenters. The van der Waals surface area contributed by atoms with E-state index < -0.39 is 0 Å². The van der Waals surface area contributed by atoms with Crippen LogP contribution in [0.15, 0.2) is 267 Å². The molecule has 2 nitrogen and oxygen atoms in total. The van der Waals surface area contributed by atoms with E-state index in [2.05, 4.69) is 276 Å². The minimum Gasteiger partial charge on any atom is -0.311 e. The van der Waals surface area contributed by atoms with Crippen molar-refractivity contribution in [3.8, 4) is 61.3 Å². The number of thiophene rings is 1. The number of rotatable bonds is 9. The number of benzene rings is 11. The van der Waals surface area contributed by atoms with Crippen LogP contribution in [-0.2, 0) is 0 Å². The van der Waals surface area contributed by atoms with E-state index in [0.29, 0.717) is 0 Å². The van der Waals surface area contributed by atoms with Crippen molar-refractivity contribution in [3.05, 3.63) is 267 Å². The Morgan fingerprint density at radius 3 is 1.20 bits per heavy atom. The van der Waals surface area contributed by atoms with E-state index in [0.717, 1.165) is 17.1 Å². The van der Waals surface area contributed by atoms with Gasteiger partial charge >= 0.3 is 0 Å². The van der Waals surface area contributed by atoms with E-state index in [1.165, 1.54) is 103 Å². The maximum absolute atomic E-state index is 2.41. The first-order valence-corrected chi connectivity index (χ1v) is 24.4. The van der Waals surface area contributed by atoms with Crippen molar-refractivity contribution in [2.45, 2.75) is 0 Å². The molecule has 2 heterocycles. The van der Waals surface area contributed by atoms with Crippen LogP contribution in [0.5, 0.6) is 0 Å². The molecule has 0 unspecified atom stereocenters. The molecule has 0 radical (unpaired) electrons. The summed E-state index contributed by atoms with van der Waals surface area (Å²) in [5.41, 5.74) is 18.9. The lowest BCUT2D eigenvalue weighted by Gasteiger charge is -2.26. The highest BCUT2D eigenvalue weighted by molar-refractivity contribution is 7.26. The maximum Gasteiger partial charge on any atom is 0.0541 e. The first-order chi connectivity index (χ1) is 34.2. The molecule has 13 aromatic rings. The molecule has 324 valence electrons. The fourth-order valence-electron chi connectivity index (χ4n) is 10.2. The van der Waals surface area contributed by atoms with Gasteiger partial charge in [0, 0.05) is 53.6 Å². The van der Waals surface area contributed by atoms with Gasteiger partial charge in [0.2, 0.25) is 0 Å². The lowest BCUT2D eigenvalue weighted by molar-refractivity contribution is 1.18. The second-order valence-corrected chi connectivity index (χ2v) is 18.7. The van der Waals surface area contributed by atoms with Gasteiger partial charge in [0.15, 0.2) is 0 Å². The van der Waals surface area contributed by atoms with Gasteiger partial charge in [0.25, 0.3) is 0 Å². The molecule has 0 saturated carbocycles. The Morgan fingerprint density at radius 2 is 0.638 bits per heavy atom. The van der Waals surface area contributed by atoms with Crippen molar-refractivity contribution in [3.63, 3.8) is 0 Å². The fraction of sp³-hybridized carbons (Fsp3) is 0. The van der Waals surface area contributed by atoms with Gasteiger partial charge in [-0.3, -0.25) is 0 Å². The van der Waals surface area contributed by atoms with Crippen LogP contribution in [0, 0.1) is 0 Å². The Hall–Kier alpha value is -8.76. The summed E-state index contributed by atoms with van der Waals surface area (Å²) in [6.07, 6.45) is 0. The molecule has 0 saturated heterocycles. The van der Waals surface area contributed by atoms with Crippen LogP contribution in [0.3, 0.4) is 0 Å². The highest BCUT2D eigenvalue weighted by Crippen LogP contribution is 2.43. The van der Waals surface area contributed by atoms with Crippen LogP contribution in [0.4, 0.5) is 17.1 Å². The summed E-state index contributed by atoms with van der Waals surface area (Å²) in [4.78, 5) is 2.37. The maximum atomic E-state index is 2.41. The molecule has 2 aromatic heterocycles. The SMILES string of the molecule is c1ccc(-c2ccc(-c3ccc(N(c4ccc(-c5ccc(-c6ccccc6-n6c7ccccc7c7ccccc76)cc5)cc4)c4ccc(-c5cccc6c5sc5ccccc56)cc4)cc3)cc2)cc1. The molecule has 0 amide bonds. The summed E-state index contributed by atoms with van der Waals surface area (Å²) in [5.74, 6) is 0. The van der Waals surface area contributed by atoms with Crippen molar-refractivity contribution < 1.29 is 0 Å². The molecule has 0 aliphatic rings. The quantitative estimate of drug-likeness (QED) is 0.140. The molecule has 13 rings (SSSR count). The first-order valence-electron chi connectivity index (χ1n) is 23.6. The van der Waals surface area contributed by atoms with Gasteiger partial charge in [0.05, 0.1) is 16.7 Å². The van der Waals surface area contributed by atoms with E-state index in [1.807, 2.05) is 11.3 Å². The van der Waals surface area contributed by atoms with Gasteiger partial charge in [-0.25, -0.2) is 0 Å². The van der Waals surface area contributed by atoms with Crippen LogP contribution in [0.25, 0.3) is 103 Å². The van der Waals surface area contributed by atoms with Crippen LogP contribution in [0.2, 0.25) is 0 Å². The summed E-state index contributed by atoms with van der Waals surface area (Å²) in [6.45, 7) is 0. The lowest BCUT2D eigenvalue weighted by Crippen LogP contribution is -2.09. The van der Waals surface area contributed by atoms with Crippen molar-refractivity contribution in [2.24, 2.45) is 0 Å². The second kappa shape index (κ2) is 17.2. The molecule has 3 heteroatoms. The fourth-order valence-corrected chi connectivity index (χ4v) is 11.5. The molecule has 0 bridgehead atoms. The van der Waals surface area contributed by atoms with Crippen molar-refractivity contribution in [2.75, 3.05) is 4.90 Å². The van der Waals surface area contributed by atoms with Crippen molar-refractivity contribution >= 4 is 70.4 Å². The summed E-state index contributed by atoms with van der Waals surface area (Å²) in [5, 5.41) is 5.16. The second-order valence-electron chi connectivity index (χ2n) is 17.7. The molecule has 69 heavy (non-hydrogen) atoms. The van der Waals surface area contributed by atoms with Gasteiger partial charge in [0.1, 0.15) is 0 Å². The number of fused-ring (bicyclic) bond motifs is 6. The molecular formula is C66H44N2S. The van der Waals surface area contributed by atoms with Crippen molar-refractivity contribution in [1.29, 1.82) is 0 Å². The summed E-state index contributed by atoms with van der Waals surface area (Å²) in [7, 11) is 0. The number of para-hydroxylation sites is 3. The zero-order valence-corrected chi connectivity index (χ0v) is 38.5. The van der Waals surface area contributed by atoms with Crippen LogP contribution in [-0.4, -0.2) is 4.57 Å². The number of hydrogen-bond donors (Lipinski definition) is 0. The first kappa shape index (κ1) is 40.5. The van der Waals surface area contributed by atoms with Gasteiger partial charge in [-0.2, -0.15) is 0 Å². The molecule has 0 N–H and O–H groups in total. The van der Waals surface area contributed by atoms with E-state index in [9.17, 15) is 0 Å². The summed E-state index contributed by atoms with van der Waals surface area (Å²) < 4.78 is 5.05. The Bertz CT molecular complexity index is 3910. The highest BCUT2D eigenvalue weighted by Gasteiger charge is 2.18. The smallest absolute Gasteiger partial charge is 0.0541 e. The van der Waals surface area contributed by atoms with E-state index >= 15 is 0 Å². The number of hydrogen-bond acceptors (Lipinski definition) is 2. The molecule has 0 fully saturated rings. The molecular weight excluding hydrogens is 853 g/mol. The molecule has 11 aromatic carbocycles. The minimum absolute atomic E-state index is 1.09. The standard InChI is InChI=1S/C66H44N2S/c1-2-13-45(14-3-1)46-25-27-47(28-26-46)49-33-39-53(40-34-49)67(55-43-37-52(38-44-55)57-19-12-20-61-60-18-7-11-24-65(60)69-66(57)61)54-41-35-50(36-42-54)48-29-31-51(32-30-48)56-15-4-8-21-62(56)68-63-22-9-5-16-58(63)59-17-6-10-23-64(59)68/h1-44H. The number of nitrogens with zero attached hydrogens (tertiary/aromatic N) is 2. The number of anilines is 3. The van der Waals surface area contributed by atoms with E-state index in [4.69, 9.17) is 0 Å². The van der Waals surface area contributed by atoms with Gasteiger partial charge in [-0.1, -0.05) is 206 Å².